The summed E-state index contributed by atoms with van der Waals surface area (Å²) < 4.78 is 6.15. The second-order valence-electron chi connectivity index (χ2n) is 8.55. The summed E-state index contributed by atoms with van der Waals surface area (Å²) in [7, 11) is 1.86. The lowest BCUT2D eigenvalue weighted by Gasteiger charge is -2.33. The Hall–Kier alpha value is -0.860. The lowest BCUT2D eigenvalue weighted by Crippen LogP contribution is -2.44. The summed E-state index contributed by atoms with van der Waals surface area (Å²) in [6.07, 6.45) is 5.21. The van der Waals surface area contributed by atoms with Gasteiger partial charge in [0.05, 0.1) is 6.10 Å². The lowest BCUT2D eigenvalue weighted by atomic mass is 9.89. The van der Waals surface area contributed by atoms with Crippen molar-refractivity contribution in [3.8, 4) is 0 Å². The van der Waals surface area contributed by atoms with Crippen molar-refractivity contribution in [2.75, 3.05) is 46.4 Å². The van der Waals surface area contributed by atoms with Gasteiger partial charge in [-0.05, 0) is 57.2 Å². The molecule has 2 saturated heterocycles. The number of hydrogen-bond acceptors (Lipinski definition) is 3. The molecule has 2 aliphatic rings. The van der Waals surface area contributed by atoms with E-state index in [1.807, 2.05) is 7.05 Å². The maximum atomic E-state index is 6.15. The van der Waals surface area contributed by atoms with Gasteiger partial charge in [-0.2, -0.15) is 0 Å². The fourth-order valence-corrected chi connectivity index (χ4v) is 4.37. The molecule has 29 heavy (non-hydrogen) atoms. The van der Waals surface area contributed by atoms with E-state index >= 15 is 0 Å². The minimum Gasteiger partial charge on any atom is -0.373 e. The van der Waals surface area contributed by atoms with Gasteiger partial charge >= 0.3 is 0 Å². The molecule has 2 N–H and O–H groups in total. The van der Waals surface area contributed by atoms with Crippen LogP contribution in [0, 0.1) is 18.8 Å². The van der Waals surface area contributed by atoms with Crippen LogP contribution in [0.15, 0.2) is 29.3 Å². The zero-order chi connectivity index (χ0) is 19.8. The number of hydrogen-bond donors (Lipinski definition) is 2. The molecule has 2 heterocycles. The molecule has 0 aromatic heterocycles. The molecule has 2 aliphatic heterocycles. The Bertz CT molecular complexity index is 616. The zero-order valence-corrected chi connectivity index (χ0v) is 20.7. The van der Waals surface area contributed by atoms with Crippen molar-refractivity contribution in [2.24, 2.45) is 16.8 Å². The van der Waals surface area contributed by atoms with Crippen molar-refractivity contribution in [3.05, 3.63) is 35.4 Å². The Balaban J connectivity index is 0.00000300. The van der Waals surface area contributed by atoms with E-state index in [1.165, 1.54) is 50.0 Å². The maximum absolute atomic E-state index is 6.15. The highest BCUT2D eigenvalue weighted by Crippen LogP contribution is 2.33. The van der Waals surface area contributed by atoms with Gasteiger partial charge in [0, 0.05) is 39.2 Å². The average molecular weight is 514 g/mol. The molecule has 5 nitrogen and oxygen atoms in total. The average Bonchev–Trinajstić information content (AvgIpc) is 3.22. The van der Waals surface area contributed by atoms with Gasteiger partial charge in [0.2, 0.25) is 0 Å². The molecular weight excluding hydrogens is 475 g/mol. The van der Waals surface area contributed by atoms with Gasteiger partial charge in [-0.1, -0.05) is 36.8 Å². The van der Waals surface area contributed by atoms with Crippen LogP contribution in [-0.4, -0.2) is 57.2 Å². The summed E-state index contributed by atoms with van der Waals surface area (Å²) in [6.45, 7) is 10.9. The molecule has 164 valence electrons. The van der Waals surface area contributed by atoms with Crippen LogP contribution in [0.5, 0.6) is 0 Å². The summed E-state index contributed by atoms with van der Waals surface area (Å²) >= 11 is 0. The second-order valence-corrected chi connectivity index (χ2v) is 8.55. The van der Waals surface area contributed by atoms with E-state index in [9.17, 15) is 0 Å². The van der Waals surface area contributed by atoms with Gasteiger partial charge in [-0.3, -0.25) is 4.99 Å². The Kier molecular flexibility index (Phi) is 10.7. The van der Waals surface area contributed by atoms with Gasteiger partial charge in [0.15, 0.2) is 5.96 Å². The van der Waals surface area contributed by atoms with Crippen molar-refractivity contribution in [2.45, 2.75) is 45.6 Å². The molecule has 3 atom stereocenters. The highest BCUT2D eigenvalue weighted by atomic mass is 127. The first-order valence-electron chi connectivity index (χ1n) is 11.0. The summed E-state index contributed by atoms with van der Waals surface area (Å²) in [5.74, 6) is 1.99. The molecule has 3 rings (SSSR count). The standard InChI is InChI=1S/C23H38N4O.HI/c1-18-8-10-20(11-9-18)22-21(7-6-14-28-22)16-26-23(24-3)25-15-19(2)17-27-12-4-5-13-27;/h8-11,19,21-22H,4-7,12-17H2,1-3H3,(H2,24,25,26);1H. The largest absolute Gasteiger partial charge is 0.373 e. The topological polar surface area (TPSA) is 48.9 Å². The number of aliphatic imine (C=N–C) groups is 1. The highest BCUT2D eigenvalue weighted by molar-refractivity contribution is 14.0. The number of likely N-dealkylation sites (tertiary alicyclic amines) is 1. The van der Waals surface area contributed by atoms with Crippen molar-refractivity contribution in [1.82, 2.24) is 15.5 Å². The smallest absolute Gasteiger partial charge is 0.190 e. The number of rotatable bonds is 7. The van der Waals surface area contributed by atoms with Crippen molar-refractivity contribution in [3.63, 3.8) is 0 Å². The molecule has 1 aromatic rings. The monoisotopic (exact) mass is 514 g/mol. The van der Waals surface area contributed by atoms with Crippen molar-refractivity contribution in [1.29, 1.82) is 0 Å². The van der Waals surface area contributed by atoms with Crippen molar-refractivity contribution < 1.29 is 4.74 Å². The molecule has 0 radical (unpaired) electrons. The molecule has 0 aliphatic carbocycles. The first-order valence-corrected chi connectivity index (χ1v) is 11.0. The summed E-state index contributed by atoms with van der Waals surface area (Å²) in [4.78, 5) is 7.00. The molecule has 0 saturated carbocycles. The lowest BCUT2D eigenvalue weighted by molar-refractivity contribution is -0.0265. The van der Waals surface area contributed by atoms with Crippen LogP contribution in [0.3, 0.4) is 0 Å². The minimum absolute atomic E-state index is 0. The van der Waals surface area contributed by atoms with E-state index in [-0.39, 0.29) is 30.1 Å². The molecule has 3 unspecified atom stereocenters. The van der Waals surface area contributed by atoms with Crippen LogP contribution in [0.25, 0.3) is 0 Å². The van der Waals surface area contributed by atoms with Crippen LogP contribution in [0.1, 0.15) is 49.8 Å². The first-order chi connectivity index (χ1) is 13.7. The van der Waals surface area contributed by atoms with Gasteiger partial charge < -0.3 is 20.3 Å². The van der Waals surface area contributed by atoms with Crippen LogP contribution >= 0.6 is 24.0 Å². The van der Waals surface area contributed by atoms with E-state index in [2.05, 4.69) is 58.6 Å². The summed E-state index contributed by atoms with van der Waals surface area (Å²) in [6, 6.07) is 8.79. The Morgan fingerprint density at radius 2 is 1.90 bits per heavy atom. The number of halogens is 1. The molecule has 6 heteroatoms. The Morgan fingerprint density at radius 3 is 2.59 bits per heavy atom. The molecule has 2 fully saturated rings. The normalized spacial score (nSPS) is 24.0. The molecule has 0 spiro atoms. The SMILES string of the molecule is CN=C(NCC(C)CN1CCCC1)NCC1CCCOC1c1ccc(C)cc1.I. The van der Waals surface area contributed by atoms with Gasteiger partial charge in [0.1, 0.15) is 0 Å². The number of benzene rings is 1. The summed E-state index contributed by atoms with van der Waals surface area (Å²) in [5.41, 5.74) is 2.58. The molecular formula is C23H39IN4O. The van der Waals surface area contributed by atoms with Crippen LogP contribution in [0.4, 0.5) is 0 Å². The van der Waals surface area contributed by atoms with E-state index in [0.29, 0.717) is 11.8 Å². The van der Waals surface area contributed by atoms with Gasteiger partial charge in [0.25, 0.3) is 0 Å². The van der Waals surface area contributed by atoms with Gasteiger partial charge in [-0.25, -0.2) is 0 Å². The van der Waals surface area contributed by atoms with E-state index in [1.54, 1.807) is 0 Å². The minimum atomic E-state index is 0. The number of nitrogens with zero attached hydrogens (tertiary/aromatic N) is 2. The third-order valence-electron chi connectivity index (χ3n) is 5.99. The van der Waals surface area contributed by atoms with Crippen LogP contribution in [-0.2, 0) is 4.74 Å². The third kappa shape index (κ3) is 7.72. The number of aryl methyl sites for hydroxylation is 1. The van der Waals surface area contributed by atoms with Gasteiger partial charge in [-0.15, -0.1) is 24.0 Å². The van der Waals surface area contributed by atoms with Crippen LogP contribution in [0.2, 0.25) is 0 Å². The van der Waals surface area contributed by atoms with Crippen molar-refractivity contribution >= 4 is 29.9 Å². The van der Waals surface area contributed by atoms with Crippen LogP contribution < -0.4 is 10.6 Å². The molecule has 0 bridgehead atoms. The van der Waals surface area contributed by atoms with E-state index in [4.69, 9.17) is 4.74 Å². The number of nitrogens with one attached hydrogen (secondary N) is 2. The fourth-order valence-electron chi connectivity index (χ4n) is 4.37. The maximum Gasteiger partial charge on any atom is 0.190 e. The Morgan fingerprint density at radius 1 is 1.17 bits per heavy atom. The number of ether oxygens (including phenoxy) is 1. The third-order valence-corrected chi connectivity index (χ3v) is 5.99. The Labute approximate surface area is 194 Å². The first kappa shape index (κ1) is 24.4. The molecule has 1 aromatic carbocycles. The highest BCUT2D eigenvalue weighted by Gasteiger charge is 2.27. The predicted octanol–water partition coefficient (Wildman–Crippen LogP) is 3.98. The van der Waals surface area contributed by atoms with E-state index in [0.717, 1.165) is 32.1 Å². The quantitative estimate of drug-likeness (QED) is 0.329. The van der Waals surface area contributed by atoms with E-state index < -0.39 is 0 Å². The fraction of sp³-hybridized carbons (Fsp3) is 0.696. The predicted molar refractivity (Wildman–Crippen MR) is 132 cm³/mol. The molecule has 0 amide bonds. The summed E-state index contributed by atoms with van der Waals surface area (Å²) in [5, 5.41) is 7.06. The zero-order valence-electron chi connectivity index (χ0n) is 18.3. The second kappa shape index (κ2) is 12.7. The number of guanidine groups is 1.